The second-order valence-electron chi connectivity index (χ2n) is 6.55. The highest BCUT2D eigenvalue weighted by Crippen LogP contribution is 2.24. The number of benzene rings is 2. The Morgan fingerprint density at radius 1 is 1.00 bits per heavy atom. The van der Waals surface area contributed by atoms with E-state index < -0.39 is 0 Å². The second kappa shape index (κ2) is 6.45. The summed E-state index contributed by atoms with van der Waals surface area (Å²) in [5.74, 6) is 0.600. The summed E-state index contributed by atoms with van der Waals surface area (Å²) in [5, 5.41) is 0. The lowest BCUT2D eigenvalue weighted by Crippen LogP contribution is -2.34. The van der Waals surface area contributed by atoms with Crippen LogP contribution in [0.5, 0.6) is 0 Å². The number of para-hydroxylation sites is 1. The third-order valence-electron chi connectivity index (χ3n) is 4.58. The molecule has 0 N–H and O–H groups in total. The van der Waals surface area contributed by atoms with E-state index in [1.165, 1.54) is 16.8 Å². The molecule has 1 aliphatic rings. The highest BCUT2D eigenvalue weighted by Gasteiger charge is 2.22. The van der Waals surface area contributed by atoms with Crippen LogP contribution in [0.1, 0.15) is 41.3 Å². The largest absolute Gasteiger partial charge is 0.373 e. The summed E-state index contributed by atoms with van der Waals surface area (Å²) < 4.78 is 0. The van der Waals surface area contributed by atoms with Gasteiger partial charge in [0.05, 0.1) is 0 Å². The second-order valence-corrected chi connectivity index (χ2v) is 6.55. The summed E-state index contributed by atoms with van der Waals surface area (Å²) in [7, 11) is 2.09. The van der Waals surface area contributed by atoms with Crippen LogP contribution in [-0.2, 0) is 6.54 Å². The van der Waals surface area contributed by atoms with Gasteiger partial charge in [0.1, 0.15) is 0 Å². The van der Waals surface area contributed by atoms with Gasteiger partial charge in [-0.25, -0.2) is 0 Å². The van der Waals surface area contributed by atoms with E-state index in [9.17, 15) is 4.79 Å². The van der Waals surface area contributed by atoms with Gasteiger partial charge in [0.15, 0.2) is 0 Å². The molecule has 23 heavy (non-hydrogen) atoms. The zero-order valence-corrected chi connectivity index (χ0v) is 14.1. The zero-order valence-electron chi connectivity index (χ0n) is 14.1. The Hall–Kier alpha value is -2.29. The molecule has 0 spiro atoms. The average molecular weight is 308 g/mol. The monoisotopic (exact) mass is 308 g/mol. The van der Waals surface area contributed by atoms with Crippen molar-refractivity contribution in [3.8, 4) is 0 Å². The Morgan fingerprint density at radius 3 is 2.39 bits per heavy atom. The molecule has 0 bridgehead atoms. The standard InChI is InChI=1S/C20H24N2O/c1-15(2)16-8-10-17(11-9-16)20(23)22-13-12-21(3)19-7-5-4-6-18(19)14-22/h4-11,15H,12-14H2,1-3H3. The number of carbonyl (C=O) groups excluding carboxylic acids is 1. The van der Waals surface area contributed by atoms with Crippen molar-refractivity contribution < 1.29 is 4.79 Å². The third-order valence-corrected chi connectivity index (χ3v) is 4.58. The number of hydrogen-bond donors (Lipinski definition) is 0. The van der Waals surface area contributed by atoms with Gasteiger partial charge in [-0.2, -0.15) is 0 Å². The molecule has 1 amide bonds. The summed E-state index contributed by atoms with van der Waals surface area (Å²) in [4.78, 5) is 17.0. The first-order chi connectivity index (χ1) is 11.1. The van der Waals surface area contributed by atoms with Crippen molar-refractivity contribution in [2.24, 2.45) is 0 Å². The Kier molecular flexibility index (Phi) is 4.37. The molecule has 0 saturated heterocycles. The molecular formula is C20H24N2O. The summed E-state index contributed by atoms with van der Waals surface area (Å²) in [5.41, 5.74) is 4.47. The number of nitrogens with zero attached hydrogens (tertiary/aromatic N) is 2. The topological polar surface area (TPSA) is 23.6 Å². The minimum absolute atomic E-state index is 0.116. The van der Waals surface area contributed by atoms with Crippen molar-refractivity contribution in [3.63, 3.8) is 0 Å². The Bertz CT molecular complexity index is 691. The van der Waals surface area contributed by atoms with E-state index in [1.54, 1.807) is 0 Å². The lowest BCUT2D eigenvalue weighted by Gasteiger charge is -2.21. The van der Waals surface area contributed by atoms with E-state index in [0.29, 0.717) is 12.5 Å². The van der Waals surface area contributed by atoms with Crippen LogP contribution in [0.3, 0.4) is 0 Å². The van der Waals surface area contributed by atoms with Crippen molar-refractivity contribution in [3.05, 3.63) is 65.2 Å². The molecule has 0 fully saturated rings. The van der Waals surface area contributed by atoms with Gasteiger partial charge in [0.25, 0.3) is 5.91 Å². The fourth-order valence-electron chi connectivity index (χ4n) is 3.06. The molecule has 0 aromatic heterocycles. The molecule has 1 heterocycles. The number of anilines is 1. The van der Waals surface area contributed by atoms with Gasteiger partial charge in [-0.05, 0) is 35.2 Å². The van der Waals surface area contributed by atoms with Crippen LogP contribution in [0.4, 0.5) is 5.69 Å². The third kappa shape index (κ3) is 3.24. The normalized spacial score (nSPS) is 14.6. The first-order valence-electron chi connectivity index (χ1n) is 8.24. The van der Waals surface area contributed by atoms with Crippen LogP contribution in [0.2, 0.25) is 0 Å². The Morgan fingerprint density at radius 2 is 1.70 bits per heavy atom. The lowest BCUT2D eigenvalue weighted by molar-refractivity contribution is 0.0751. The number of carbonyl (C=O) groups is 1. The van der Waals surface area contributed by atoms with Crippen LogP contribution in [0.25, 0.3) is 0 Å². The van der Waals surface area contributed by atoms with Gasteiger partial charge in [-0.3, -0.25) is 4.79 Å². The molecule has 2 aromatic rings. The predicted molar refractivity (Wildman–Crippen MR) is 95.0 cm³/mol. The molecule has 0 unspecified atom stereocenters. The van der Waals surface area contributed by atoms with Crippen LogP contribution in [-0.4, -0.2) is 30.9 Å². The van der Waals surface area contributed by atoms with Crippen LogP contribution >= 0.6 is 0 Å². The van der Waals surface area contributed by atoms with E-state index in [4.69, 9.17) is 0 Å². The van der Waals surface area contributed by atoms with E-state index in [-0.39, 0.29) is 5.91 Å². The number of rotatable bonds is 2. The maximum Gasteiger partial charge on any atom is 0.254 e. The molecule has 1 aliphatic heterocycles. The Labute approximate surface area is 138 Å². The van der Waals surface area contributed by atoms with Gasteiger partial charge in [-0.15, -0.1) is 0 Å². The maximum atomic E-state index is 12.9. The van der Waals surface area contributed by atoms with Gasteiger partial charge in [-0.1, -0.05) is 44.2 Å². The van der Waals surface area contributed by atoms with Crippen molar-refractivity contribution in [2.45, 2.75) is 26.3 Å². The smallest absolute Gasteiger partial charge is 0.254 e. The molecule has 0 radical (unpaired) electrons. The fraction of sp³-hybridized carbons (Fsp3) is 0.350. The lowest BCUT2D eigenvalue weighted by atomic mass is 10.0. The first kappa shape index (κ1) is 15.6. The van der Waals surface area contributed by atoms with Crippen molar-refractivity contribution in [1.82, 2.24) is 4.90 Å². The maximum absolute atomic E-state index is 12.9. The fourth-order valence-corrected chi connectivity index (χ4v) is 3.06. The molecule has 2 aromatic carbocycles. The number of amides is 1. The average Bonchev–Trinajstić information content (AvgIpc) is 2.74. The Balaban J connectivity index is 1.83. The number of hydrogen-bond acceptors (Lipinski definition) is 2. The molecule has 0 saturated carbocycles. The minimum atomic E-state index is 0.116. The summed E-state index contributed by atoms with van der Waals surface area (Å²) in [6, 6.07) is 16.4. The minimum Gasteiger partial charge on any atom is -0.373 e. The summed E-state index contributed by atoms with van der Waals surface area (Å²) in [6.45, 7) is 6.60. The van der Waals surface area contributed by atoms with Gasteiger partial charge < -0.3 is 9.80 Å². The molecule has 3 heteroatoms. The highest BCUT2D eigenvalue weighted by molar-refractivity contribution is 5.94. The van der Waals surface area contributed by atoms with Crippen LogP contribution in [0, 0.1) is 0 Å². The van der Waals surface area contributed by atoms with Gasteiger partial charge >= 0.3 is 0 Å². The van der Waals surface area contributed by atoms with Crippen LogP contribution < -0.4 is 4.90 Å². The molecule has 0 aliphatic carbocycles. The molecule has 3 nitrogen and oxygen atoms in total. The molecular weight excluding hydrogens is 284 g/mol. The van der Waals surface area contributed by atoms with Gasteiger partial charge in [0.2, 0.25) is 0 Å². The van der Waals surface area contributed by atoms with E-state index in [1.807, 2.05) is 23.1 Å². The predicted octanol–water partition coefficient (Wildman–Crippen LogP) is 3.90. The van der Waals surface area contributed by atoms with E-state index in [2.05, 4.69) is 56.1 Å². The molecule has 120 valence electrons. The summed E-state index contributed by atoms with van der Waals surface area (Å²) >= 11 is 0. The van der Waals surface area contributed by atoms with Crippen molar-refractivity contribution in [1.29, 1.82) is 0 Å². The summed E-state index contributed by atoms with van der Waals surface area (Å²) in [6.07, 6.45) is 0. The molecule has 3 rings (SSSR count). The molecule has 0 atom stereocenters. The number of fused-ring (bicyclic) bond motifs is 1. The van der Waals surface area contributed by atoms with Crippen molar-refractivity contribution in [2.75, 3.05) is 25.0 Å². The first-order valence-corrected chi connectivity index (χ1v) is 8.24. The van der Waals surface area contributed by atoms with Crippen LogP contribution in [0.15, 0.2) is 48.5 Å². The number of likely N-dealkylation sites (N-methyl/N-ethyl adjacent to an activating group) is 1. The van der Waals surface area contributed by atoms with E-state index >= 15 is 0 Å². The van der Waals surface area contributed by atoms with E-state index in [0.717, 1.165) is 18.7 Å². The quantitative estimate of drug-likeness (QED) is 0.840. The highest BCUT2D eigenvalue weighted by atomic mass is 16.2. The zero-order chi connectivity index (χ0) is 16.4. The SMILES string of the molecule is CC(C)c1ccc(C(=O)N2CCN(C)c3ccccc3C2)cc1. The van der Waals surface area contributed by atoms with Crippen molar-refractivity contribution >= 4 is 11.6 Å². The van der Waals surface area contributed by atoms with Gasteiger partial charge in [0, 0.05) is 37.9 Å².